The normalized spacial score (nSPS) is 57.7. The summed E-state index contributed by atoms with van der Waals surface area (Å²) in [5, 5.41) is 10.5. The fourth-order valence-electron chi connectivity index (χ4n) is 7.35. The van der Waals surface area contributed by atoms with Gasteiger partial charge in [0.1, 0.15) is 0 Å². The van der Waals surface area contributed by atoms with Crippen molar-refractivity contribution in [3.05, 3.63) is 12.2 Å². The number of rotatable bonds is 0. The lowest BCUT2D eigenvalue weighted by Crippen LogP contribution is -2.59. The highest BCUT2D eigenvalue weighted by molar-refractivity contribution is 5.25. The van der Waals surface area contributed by atoms with E-state index in [1.54, 1.807) is 0 Å². The van der Waals surface area contributed by atoms with Crippen molar-refractivity contribution in [1.82, 2.24) is 0 Å². The van der Waals surface area contributed by atoms with Crippen molar-refractivity contribution in [2.24, 2.45) is 33.5 Å². The van der Waals surface area contributed by atoms with E-state index < -0.39 is 0 Å². The van der Waals surface area contributed by atoms with Gasteiger partial charge in [-0.2, -0.15) is 0 Å². The van der Waals surface area contributed by atoms with Crippen LogP contribution >= 0.6 is 0 Å². The first-order chi connectivity index (χ1) is 9.72. The number of fused-ring (bicyclic) bond motifs is 3. The maximum atomic E-state index is 10.5. The third-order valence-corrected chi connectivity index (χ3v) is 8.45. The Hall–Kier alpha value is -0.300. The summed E-state index contributed by atoms with van der Waals surface area (Å²) in [5.74, 6) is 1.55. The molecule has 0 unspecified atom stereocenters. The summed E-state index contributed by atoms with van der Waals surface area (Å²) in [6.45, 7) is 9.70. The zero-order valence-electron chi connectivity index (χ0n) is 14.3. The van der Waals surface area contributed by atoms with E-state index in [9.17, 15) is 5.11 Å². The lowest BCUT2D eigenvalue weighted by atomic mass is 9.40. The molecule has 0 saturated heterocycles. The molecule has 2 bridgehead atoms. The SMILES string of the molecule is CC1(C)[C@H](O)CC[C@@]2(C)[C@@H]3CC[C@]4(C)C=C[C@@]3(CC[C@@H]12)C4. The molecule has 0 aromatic heterocycles. The fraction of sp³-hybridized carbons (Fsp3) is 0.900. The second-order valence-electron chi connectivity index (χ2n) is 9.96. The van der Waals surface area contributed by atoms with Crippen LogP contribution in [0.2, 0.25) is 0 Å². The van der Waals surface area contributed by atoms with Crippen molar-refractivity contribution in [1.29, 1.82) is 0 Å². The Bertz CT molecular complexity index is 492. The molecule has 0 amide bonds. The zero-order valence-corrected chi connectivity index (χ0v) is 14.3. The molecular weight excluding hydrogens is 256 g/mol. The third kappa shape index (κ3) is 1.68. The van der Waals surface area contributed by atoms with Crippen LogP contribution in [0.1, 0.15) is 72.6 Å². The third-order valence-electron chi connectivity index (χ3n) is 8.45. The average Bonchev–Trinajstić information content (AvgIpc) is 2.65. The molecule has 1 heteroatoms. The molecule has 0 heterocycles. The van der Waals surface area contributed by atoms with Gasteiger partial charge in [-0.3, -0.25) is 0 Å². The van der Waals surface area contributed by atoms with Crippen molar-refractivity contribution in [3.8, 4) is 0 Å². The summed E-state index contributed by atoms with van der Waals surface area (Å²) in [6.07, 6.45) is 14.2. The first-order valence-corrected chi connectivity index (χ1v) is 9.10. The average molecular weight is 288 g/mol. The first-order valence-electron chi connectivity index (χ1n) is 9.10. The van der Waals surface area contributed by atoms with Crippen LogP contribution in [0.5, 0.6) is 0 Å². The van der Waals surface area contributed by atoms with E-state index in [2.05, 4.69) is 39.8 Å². The van der Waals surface area contributed by atoms with Gasteiger partial charge >= 0.3 is 0 Å². The summed E-state index contributed by atoms with van der Waals surface area (Å²) in [6, 6.07) is 0. The monoisotopic (exact) mass is 288 g/mol. The summed E-state index contributed by atoms with van der Waals surface area (Å²) >= 11 is 0. The van der Waals surface area contributed by atoms with Crippen molar-refractivity contribution >= 4 is 0 Å². The molecule has 118 valence electrons. The molecule has 4 rings (SSSR count). The highest BCUT2D eigenvalue weighted by atomic mass is 16.3. The molecule has 1 nitrogen and oxygen atoms in total. The van der Waals surface area contributed by atoms with Gasteiger partial charge < -0.3 is 5.11 Å². The minimum Gasteiger partial charge on any atom is -0.393 e. The van der Waals surface area contributed by atoms with Gasteiger partial charge in [-0.05, 0) is 78.4 Å². The van der Waals surface area contributed by atoms with Crippen LogP contribution in [-0.2, 0) is 0 Å². The molecule has 0 aliphatic heterocycles. The van der Waals surface area contributed by atoms with Gasteiger partial charge in [-0.1, -0.05) is 39.8 Å². The number of hydrogen-bond acceptors (Lipinski definition) is 1. The Balaban J connectivity index is 1.74. The van der Waals surface area contributed by atoms with E-state index in [-0.39, 0.29) is 11.5 Å². The molecule has 3 fully saturated rings. The standard InChI is InChI=1S/C20H32O/c1-17(2)14-6-10-20-12-11-18(3,13-20)8-5-15(20)19(14,4)9-7-16(17)21/h11-12,14-16,21H,5-10,13H2,1-4H3/t14-,15-,16+,18+,19+,20-/m0/s1. The minimum atomic E-state index is -0.0994. The van der Waals surface area contributed by atoms with E-state index >= 15 is 0 Å². The van der Waals surface area contributed by atoms with Gasteiger partial charge in [-0.25, -0.2) is 0 Å². The van der Waals surface area contributed by atoms with Crippen molar-refractivity contribution < 1.29 is 5.11 Å². The lowest BCUT2D eigenvalue weighted by Gasteiger charge is -2.65. The molecule has 0 aromatic rings. The highest BCUT2D eigenvalue weighted by Crippen LogP contribution is 2.71. The first kappa shape index (κ1) is 14.3. The summed E-state index contributed by atoms with van der Waals surface area (Å²) in [4.78, 5) is 0. The van der Waals surface area contributed by atoms with Gasteiger partial charge in [-0.15, -0.1) is 0 Å². The number of aliphatic hydroxyl groups excluding tert-OH is 1. The van der Waals surface area contributed by atoms with Crippen molar-refractivity contribution in [3.63, 3.8) is 0 Å². The van der Waals surface area contributed by atoms with Crippen LogP contribution < -0.4 is 0 Å². The molecule has 1 spiro atoms. The zero-order chi connectivity index (χ0) is 15.1. The molecule has 0 aromatic carbocycles. The van der Waals surface area contributed by atoms with E-state index in [1.807, 2.05) is 0 Å². The van der Waals surface area contributed by atoms with Crippen molar-refractivity contribution in [2.45, 2.75) is 78.7 Å². The smallest absolute Gasteiger partial charge is 0.0594 e. The second-order valence-corrected chi connectivity index (χ2v) is 9.96. The van der Waals surface area contributed by atoms with Crippen LogP contribution in [0.25, 0.3) is 0 Å². The number of aliphatic hydroxyl groups is 1. The predicted octanol–water partition coefficient (Wildman–Crippen LogP) is 4.95. The van der Waals surface area contributed by atoms with Gasteiger partial charge in [0.15, 0.2) is 0 Å². The van der Waals surface area contributed by atoms with Crippen LogP contribution in [0.3, 0.4) is 0 Å². The maximum Gasteiger partial charge on any atom is 0.0594 e. The summed E-state index contributed by atoms with van der Waals surface area (Å²) in [7, 11) is 0. The summed E-state index contributed by atoms with van der Waals surface area (Å²) in [5.41, 5.74) is 1.52. The lowest BCUT2D eigenvalue weighted by molar-refractivity contribution is -0.176. The summed E-state index contributed by atoms with van der Waals surface area (Å²) < 4.78 is 0. The second kappa shape index (κ2) is 3.96. The van der Waals surface area contributed by atoms with Gasteiger partial charge in [0.05, 0.1) is 6.10 Å². The van der Waals surface area contributed by atoms with E-state index in [0.29, 0.717) is 22.2 Å². The van der Waals surface area contributed by atoms with Gasteiger partial charge in [0, 0.05) is 0 Å². The highest BCUT2D eigenvalue weighted by Gasteiger charge is 2.64. The molecule has 4 aliphatic rings. The number of allylic oxidation sites excluding steroid dienone is 2. The predicted molar refractivity (Wildman–Crippen MR) is 86.9 cm³/mol. The van der Waals surface area contributed by atoms with E-state index in [1.165, 1.54) is 38.5 Å². The van der Waals surface area contributed by atoms with Crippen LogP contribution in [0.4, 0.5) is 0 Å². The van der Waals surface area contributed by atoms with Crippen LogP contribution in [-0.4, -0.2) is 11.2 Å². The van der Waals surface area contributed by atoms with Gasteiger partial charge in [0.25, 0.3) is 0 Å². The fourth-order valence-corrected chi connectivity index (χ4v) is 7.35. The molecular formula is C20H32O. The minimum absolute atomic E-state index is 0.0949. The molecule has 3 saturated carbocycles. The number of hydrogen-bond donors (Lipinski definition) is 1. The Morgan fingerprint density at radius 3 is 2.33 bits per heavy atom. The van der Waals surface area contributed by atoms with E-state index in [4.69, 9.17) is 0 Å². The quantitative estimate of drug-likeness (QED) is 0.626. The molecule has 4 aliphatic carbocycles. The van der Waals surface area contributed by atoms with Crippen LogP contribution in [0.15, 0.2) is 12.2 Å². The molecule has 6 atom stereocenters. The Morgan fingerprint density at radius 2 is 1.57 bits per heavy atom. The molecule has 21 heavy (non-hydrogen) atoms. The topological polar surface area (TPSA) is 20.2 Å². The van der Waals surface area contributed by atoms with Gasteiger partial charge in [0.2, 0.25) is 0 Å². The largest absolute Gasteiger partial charge is 0.393 e. The van der Waals surface area contributed by atoms with E-state index in [0.717, 1.165) is 12.3 Å². The molecule has 1 N–H and O–H groups in total. The maximum absolute atomic E-state index is 10.5. The van der Waals surface area contributed by atoms with Crippen molar-refractivity contribution in [2.75, 3.05) is 0 Å². The van der Waals surface area contributed by atoms with Crippen LogP contribution in [0, 0.1) is 33.5 Å². The Morgan fingerprint density at radius 1 is 0.857 bits per heavy atom. The Labute approximate surface area is 130 Å². The molecule has 0 radical (unpaired) electrons. The Kier molecular flexibility index (Phi) is 2.70.